The van der Waals surface area contributed by atoms with E-state index in [9.17, 15) is 22.6 Å². The fourth-order valence-corrected chi connectivity index (χ4v) is 6.20. The Kier molecular flexibility index (Phi) is 41.4. The predicted molar refractivity (Wildman–Crippen MR) is 183 cm³/mol. The minimum atomic E-state index is -4.20. The van der Waals surface area contributed by atoms with Crippen LogP contribution in [0, 0.1) is 0 Å². The van der Waals surface area contributed by atoms with E-state index in [-0.39, 0.29) is 36.0 Å². The first-order valence-corrected chi connectivity index (χ1v) is 19.7. The molecule has 0 spiro atoms. The van der Waals surface area contributed by atoms with Crippen LogP contribution in [-0.2, 0) is 19.7 Å². The molecule has 0 aliphatic rings. The zero-order valence-corrected chi connectivity index (χ0v) is 32.4. The van der Waals surface area contributed by atoms with Crippen molar-refractivity contribution in [2.45, 2.75) is 205 Å². The van der Waals surface area contributed by atoms with E-state index in [0.29, 0.717) is 25.7 Å². The minimum absolute atomic E-state index is 0. The molecule has 45 heavy (non-hydrogen) atoms. The molecule has 1 atom stereocenters. The summed E-state index contributed by atoms with van der Waals surface area (Å²) in [5, 5.41) is 16.3. The Balaban J connectivity index is -0.000000779. The topological polar surface area (TPSA) is 132 Å². The van der Waals surface area contributed by atoms with E-state index in [1.807, 2.05) is 0 Å². The molecule has 0 saturated heterocycles. The van der Waals surface area contributed by atoms with Crippen LogP contribution in [0.25, 0.3) is 0 Å². The monoisotopic (exact) mass is 668 g/mol. The van der Waals surface area contributed by atoms with Gasteiger partial charge >= 0.3 is 41.5 Å². The van der Waals surface area contributed by atoms with Crippen molar-refractivity contribution in [3.63, 3.8) is 0 Å². The van der Waals surface area contributed by atoms with Crippen molar-refractivity contribution in [3.8, 4) is 0 Å². The standard InChI is InChI=1S/C18H36O5S.C18H34O2.Na/c1-2-3-4-5-6-8-11-14-17(24(21,22)23)15-12-9-7-10-13-16-18(19)20;1-2-3-4-5-6-7-8-9-10-11-12-13-14-15-16-17-18(19)20;/h17H,2-16H2,1H3,(H,19,20)(H,21,22,23);9-10H,2-8,11-17H2,1H3,(H,19,20);/q;;+1/p-1/b;10-9+;. The third-order valence-electron chi connectivity index (χ3n) is 8.11. The SMILES string of the molecule is CCCCCCCC/C=C/CCCCCCCC(=O)O.CCCCCCCCCC(CCCCCCCC(=O)O)S(=O)(=O)[O-].[Na+]. The predicted octanol–water partition coefficient (Wildman–Crippen LogP) is 7.97. The van der Waals surface area contributed by atoms with Gasteiger partial charge in [-0.3, -0.25) is 9.59 Å². The van der Waals surface area contributed by atoms with E-state index in [1.54, 1.807) is 0 Å². The summed E-state index contributed by atoms with van der Waals surface area (Å²) >= 11 is 0. The fraction of sp³-hybridized carbons (Fsp3) is 0.889. The van der Waals surface area contributed by atoms with E-state index < -0.39 is 27.3 Å². The molecular weight excluding hydrogens is 599 g/mol. The molecule has 0 bridgehead atoms. The maximum atomic E-state index is 11.4. The molecule has 0 aromatic heterocycles. The second-order valence-corrected chi connectivity index (χ2v) is 14.1. The van der Waals surface area contributed by atoms with Gasteiger partial charge in [-0.2, -0.15) is 0 Å². The Hall–Kier alpha value is -0.410. The molecule has 0 radical (unpaired) electrons. The molecule has 9 heteroatoms. The molecule has 0 heterocycles. The van der Waals surface area contributed by atoms with E-state index >= 15 is 0 Å². The summed E-state index contributed by atoms with van der Waals surface area (Å²) in [4.78, 5) is 20.7. The van der Waals surface area contributed by atoms with Crippen LogP contribution >= 0.6 is 0 Å². The summed E-state index contributed by atoms with van der Waals surface area (Å²) in [5.41, 5.74) is 0. The third-order valence-corrected chi connectivity index (χ3v) is 9.39. The van der Waals surface area contributed by atoms with Crippen LogP contribution in [0.1, 0.15) is 200 Å². The average molecular weight is 669 g/mol. The molecule has 0 saturated carbocycles. The van der Waals surface area contributed by atoms with Gasteiger partial charge < -0.3 is 14.8 Å². The number of unbranched alkanes of at least 4 members (excludes halogenated alkanes) is 21. The summed E-state index contributed by atoms with van der Waals surface area (Å²) in [6, 6.07) is 0. The number of hydrogen-bond acceptors (Lipinski definition) is 5. The van der Waals surface area contributed by atoms with Crippen molar-refractivity contribution >= 4 is 22.1 Å². The smallest absolute Gasteiger partial charge is 0.748 e. The maximum Gasteiger partial charge on any atom is 1.00 e. The summed E-state index contributed by atoms with van der Waals surface area (Å²) < 4.78 is 34.1. The molecule has 262 valence electrons. The second kappa shape index (κ2) is 38.0. The van der Waals surface area contributed by atoms with Gasteiger partial charge in [0.1, 0.15) is 0 Å². The molecular formula is C36H69NaO7S. The van der Waals surface area contributed by atoms with Crippen LogP contribution in [0.15, 0.2) is 12.2 Å². The maximum absolute atomic E-state index is 11.4. The van der Waals surface area contributed by atoms with Gasteiger partial charge in [0.15, 0.2) is 0 Å². The van der Waals surface area contributed by atoms with Crippen molar-refractivity contribution in [2.75, 3.05) is 0 Å². The van der Waals surface area contributed by atoms with Crippen molar-refractivity contribution in [3.05, 3.63) is 12.2 Å². The number of hydrogen-bond donors (Lipinski definition) is 2. The average Bonchev–Trinajstić information content (AvgIpc) is 2.96. The number of carboxylic acids is 2. The van der Waals surface area contributed by atoms with Gasteiger partial charge in [-0.25, -0.2) is 8.42 Å². The van der Waals surface area contributed by atoms with Crippen LogP contribution in [0.5, 0.6) is 0 Å². The van der Waals surface area contributed by atoms with Crippen LogP contribution < -0.4 is 29.6 Å². The first-order chi connectivity index (χ1) is 21.1. The zero-order chi connectivity index (χ0) is 33.2. The van der Waals surface area contributed by atoms with Gasteiger partial charge in [0.25, 0.3) is 0 Å². The normalized spacial score (nSPS) is 12.0. The van der Waals surface area contributed by atoms with Crippen molar-refractivity contribution in [2.24, 2.45) is 0 Å². The van der Waals surface area contributed by atoms with Crippen molar-refractivity contribution < 1.29 is 62.3 Å². The van der Waals surface area contributed by atoms with E-state index in [2.05, 4.69) is 26.0 Å². The summed E-state index contributed by atoms with van der Waals surface area (Å²) in [5.74, 6) is -1.44. The van der Waals surface area contributed by atoms with E-state index in [1.165, 1.54) is 96.3 Å². The molecule has 0 fully saturated rings. The van der Waals surface area contributed by atoms with E-state index in [4.69, 9.17) is 10.2 Å². The molecule has 0 aromatic rings. The van der Waals surface area contributed by atoms with Gasteiger partial charge in [0.05, 0.1) is 10.1 Å². The van der Waals surface area contributed by atoms with Crippen LogP contribution in [0.3, 0.4) is 0 Å². The molecule has 0 aliphatic heterocycles. The minimum Gasteiger partial charge on any atom is -0.748 e. The van der Waals surface area contributed by atoms with Gasteiger partial charge in [-0.05, 0) is 51.4 Å². The van der Waals surface area contributed by atoms with Gasteiger partial charge in [-0.1, -0.05) is 148 Å². The summed E-state index contributed by atoms with van der Waals surface area (Å²) in [6.07, 6.45) is 34.2. The second-order valence-electron chi connectivity index (χ2n) is 12.5. The number of rotatable bonds is 32. The quantitative estimate of drug-likeness (QED) is 0.0322. The van der Waals surface area contributed by atoms with Gasteiger partial charge in [0, 0.05) is 18.1 Å². The molecule has 7 nitrogen and oxygen atoms in total. The molecule has 1 unspecified atom stereocenters. The first kappa shape index (κ1) is 49.0. The molecule has 0 amide bonds. The number of allylic oxidation sites excluding steroid dienone is 2. The first-order valence-electron chi connectivity index (χ1n) is 18.2. The molecule has 0 aliphatic carbocycles. The van der Waals surface area contributed by atoms with E-state index in [0.717, 1.165) is 57.8 Å². The summed E-state index contributed by atoms with van der Waals surface area (Å²) in [7, 11) is -4.20. The molecule has 2 N–H and O–H groups in total. The Morgan fingerprint density at radius 2 is 0.822 bits per heavy atom. The molecule has 0 aromatic carbocycles. The number of aliphatic carboxylic acids is 2. The zero-order valence-electron chi connectivity index (χ0n) is 29.6. The largest absolute Gasteiger partial charge is 1.00 e. The third kappa shape index (κ3) is 43.6. The Morgan fingerprint density at radius 3 is 1.13 bits per heavy atom. The molecule has 0 rings (SSSR count). The van der Waals surface area contributed by atoms with Crippen molar-refractivity contribution in [1.29, 1.82) is 0 Å². The van der Waals surface area contributed by atoms with Gasteiger partial charge in [0.2, 0.25) is 0 Å². The Bertz CT molecular complexity index is 771. The van der Waals surface area contributed by atoms with Crippen molar-refractivity contribution in [1.82, 2.24) is 0 Å². The van der Waals surface area contributed by atoms with Gasteiger partial charge in [-0.15, -0.1) is 0 Å². The Labute approximate surface area is 300 Å². The Morgan fingerprint density at radius 1 is 0.533 bits per heavy atom. The van der Waals surface area contributed by atoms with Crippen LogP contribution in [-0.4, -0.2) is 40.4 Å². The number of carboxylic acid groups (broad SMARTS) is 2. The fourth-order valence-electron chi connectivity index (χ4n) is 5.29. The summed E-state index contributed by atoms with van der Waals surface area (Å²) in [6.45, 7) is 4.44. The van der Waals surface area contributed by atoms with Crippen LogP contribution in [0.2, 0.25) is 0 Å². The number of carbonyl (C=O) groups is 2. The van der Waals surface area contributed by atoms with Crippen LogP contribution in [0.4, 0.5) is 0 Å².